The molecule has 0 unspecified atom stereocenters. The number of H-pyrrole nitrogens is 1. The van der Waals surface area contributed by atoms with Crippen molar-refractivity contribution in [1.82, 2.24) is 15.5 Å². The maximum atomic E-state index is 13.7. The van der Waals surface area contributed by atoms with Crippen molar-refractivity contribution in [1.29, 1.82) is 0 Å². The summed E-state index contributed by atoms with van der Waals surface area (Å²) in [5, 5.41) is 10.3. The summed E-state index contributed by atoms with van der Waals surface area (Å²) < 4.78 is 26.6. The predicted molar refractivity (Wildman–Crippen MR) is 69.0 cm³/mol. The summed E-state index contributed by atoms with van der Waals surface area (Å²) in [7, 11) is 0. The number of halogens is 2. The zero-order valence-electron chi connectivity index (χ0n) is 10.3. The van der Waals surface area contributed by atoms with E-state index in [9.17, 15) is 8.78 Å². The summed E-state index contributed by atoms with van der Waals surface area (Å²) in [6.07, 6.45) is 0. The molecule has 3 rings (SSSR count). The first-order valence-corrected chi connectivity index (χ1v) is 6.20. The Morgan fingerprint density at radius 1 is 1.11 bits per heavy atom. The van der Waals surface area contributed by atoms with Crippen molar-refractivity contribution in [2.45, 2.75) is 0 Å². The summed E-state index contributed by atoms with van der Waals surface area (Å²) >= 11 is 0. The standard InChI is InChI=1S/C13H14F2N4/c14-9-1-2-10(11(15)7-9)12-8-13(18-17-12)19-5-3-16-4-6-19/h1-2,7-8,16H,3-6H2,(H,17,18). The molecule has 0 aliphatic carbocycles. The zero-order valence-corrected chi connectivity index (χ0v) is 10.3. The zero-order chi connectivity index (χ0) is 13.2. The van der Waals surface area contributed by atoms with Crippen LogP contribution in [-0.2, 0) is 0 Å². The lowest BCUT2D eigenvalue weighted by molar-refractivity contribution is 0.584. The third-order valence-electron chi connectivity index (χ3n) is 3.23. The summed E-state index contributed by atoms with van der Waals surface area (Å²) in [4.78, 5) is 2.12. The van der Waals surface area contributed by atoms with Crippen molar-refractivity contribution in [2.24, 2.45) is 0 Å². The Kier molecular flexibility index (Phi) is 3.16. The lowest BCUT2D eigenvalue weighted by Crippen LogP contribution is -2.43. The van der Waals surface area contributed by atoms with E-state index >= 15 is 0 Å². The molecule has 1 aromatic heterocycles. The molecule has 1 aliphatic rings. The monoisotopic (exact) mass is 264 g/mol. The molecule has 100 valence electrons. The number of benzene rings is 1. The number of aromatic nitrogens is 2. The maximum Gasteiger partial charge on any atom is 0.151 e. The molecule has 0 amide bonds. The van der Waals surface area contributed by atoms with Gasteiger partial charge in [-0.3, -0.25) is 5.10 Å². The van der Waals surface area contributed by atoms with Gasteiger partial charge in [0.2, 0.25) is 0 Å². The molecule has 6 heteroatoms. The van der Waals surface area contributed by atoms with Crippen LogP contribution in [0.3, 0.4) is 0 Å². The van der Waals surface area contributed by atoms with E-state index in [2.05, 4.69) is 20.4 Å². The van der Waals surface area contributed by atoms with Crippen LogP contribution < -0.4 is 10.2 Å². The fraction of sp³-hybridized carbons (Fsp3) is 0.308. The number of anilines is 1. The van der Waals surface area contributed by atoms with Gasteiger partial charge in [-0.05, 0) is 12.1 Å². The van der Waals surface area contributed by atoms with Gasteiger partial charge in [-0.15, -0.1) is 0 Å². The number of piperazine rings is 1. The van der Waals surface area contributed by atoms with Crippen LogP contribution in [0.15, 0.2) is 24.3 Å². The van der Waals surface area contributed by atoms with E-state index in [1.165, 1.54) is 12.1 Å². The first-order chi connectivity index (χ1) is 9.24. The van der Waals surface area contributed by atoms with Crippen LogP contribution in [-0.4, -0.2) is 36.4 Å². The fourth-order valence-corrected chi connectivity index (χ4v) is 2.21. The van der Waals surface area contributed by atoms with E-state index in [0.717, 1.165) is 38.1 Å². The Bertz CT molecular complexity index is 576. The van der Waals surface area contributed by atoms with E-state index in [1.807, 2.05) is 0 Å². The molecule has 0 radical (unpaired) electrons. The quantitative estimate of drug-likeness (QED) is 0.868. The number of hydrogen-bond acceptors (Lipinski definition) is 3. The molecule has 0 atom stereocenters. The summed E-state index contributed by atoms with van der Waals surface area (Å²) in [6.45, 7) is 3.56. The van der Waals surface area contributed by atoms with Gasteiger partial charge in [-0.25, -0.2) is 8.78 Å². The van der Waals surface area contributed by atoms with E-state index in [0.29, 0.717) is 11.3 Å². The predicted octanol–water partition coefficient (Wildman–Crippen LogP) is 1.76. The van der Waals surface area contributed by atoms with E-state index in [-0.39, 0.29) is 0 Å². The van der Waals surface area contributed by atoms with Crippen molar-refractivity contribution in [3.63, 3.8) is 0 Å². The van der Waals surface area contributed by atoms with Gasteiger partial charge < -0.3 is 10.2 Å². The summed E-state index contributed by atoms with van der Waals surface area (Å²) in [5.74, 6) is -0.376. The molecule has 0 saturated carbocycles. The van der Waals surface area contributed by atoms with Gasteiger partial charge in [-0.2, -0.15) is 5.10 Å². The SMILES string of the molecule is Fc1ccc(-c2cc(N3CCNCC3)n[nH]2)c(F)c1. The normalized spacial score (nSPS) is 15.8. The van der Waals surface area contributed by atoms with Gasteiger partial charge in [0.15, 0.2) is 5.82 Å². The second-order valence-corrected chi connectivity index (χ2v) is 4.50. The average Bonchev–Trinajstić information content (AvgIpc) is 2.89. The summed E-state index contributed by atoms with van der Waals surface area (Å²) in [6, 6.07) is 5.33. The third kappa shape index (κ3) is 2.44. The fourth-order valence-electron chi connectivity index (χ4n) is 2.21. The number of nitrogens with one attached hydrogen (secondary N) is 2. The van der Waals surface area contributed by atoms with Gasteiger partial charge in [0.25, 0.3) is 0 Å². The number of rotatable bonds is 2. The number of nitrogens with zero attached hydrogens (tertiary/aromatic N) is 2. The largest absolute Gasteiger partial charge is 0.353 e. The summed E-state index contributed by atoms with van der Waals surface area (Å²) in [5.41, 5.74) is 0.890. The smallest absolute Gasteiger partial charge is 0.151 e. The van der Waals surface area contributed by atoms with Crippen molar-refractivity contribution in [2.75, 3.05) is 31.1 Å². The lowest BCUT2D eigenvalue weighted by Gasteiger charge is -2.26. The number of aromatic amines is 1. The van der Waals surface area contributed by atoms with E-state index in [1.54, 1.807) is 6.07 Å². The molecule has 2 N–H and O–H groups in total. The van der Waals surface area contributed by atoms with E-state index < -0.39 is 11.6 Å². The highest BCUT2D eigenvalue weighted by molar-refractivity contribution is 5.63. The van der Waals surface area contributed by atoms with Gasteiger partial charge in [0.05, 0.1) is 5.69 Å². The minimum absolute atomic E-state index is 0.329. The highest BCUT2D eigenvalue weighted by Crippen LogP contribution is 2.25. The minimum atomic E-state index is -0.587. The van der Waals surface area contributed by atoms with Gasteiger partial charge in [0.1, 0.15) is 11.6 Å². The Morgan fingerprint density at radius 2 is 1.89 bits per heavy atom. The van der Waals surface area contributed by atoms with Crippen molar-refractivity contribution < 1.29 is 8.78 Å². The minimum Gasteiger partial charge on any atom is -0.353 e. The van der Waals surface area contributed by atoms with Gasteiger partial charge in [-0.1, -0.05) is 0 Å². The maximum absolute atomic E-state index is 13.7. The molecular weight excluding hydrogens is 250 g/mol. The topological polar surface area (TPSA) is 44.0 Å². The van der Waals surface area contributed by atoms with Crippen molar-refractivity contribution in [3.8, 4) is 11.3 Å². The van der Waals surface area contributed by atoms with Crippen LogP contribution >= 0.6 is 0 Å². The second-order valence-electron chi connectivity index (χ2n) is 4.50. The van der Waals surface area contributed by atoms with Gasteiger partial charge in [0, 0.05) is 43.9 Å². The first kappa shape index (κ1) is 12.1. The van der Waals surface area contributed by atoms with Crippen LogP contribution in [0.5, 0.6) is 0 Å². The molecule has 0 bridgehead atoms. The average molecular weight is 264 g/mol. The third-order valence-corrected chi connectivity index (χ3v) is 3.23. The van der Waals surface area contributed by atoms with E-state index in [4.69, 9.17) is 0 Å². The highest BCUT2D eigenvalue weighted by atomic mass is 19.1. The number of hydrogen-bond donors (Lipinski definition) is 2. The molecule has 1 fully saturated rings. The Balaban J connectivity index is 1.87. The van der Waals surface area contributed by atoms with Crippen molar-refractivity contribution in [3.05, 3.63) is 35.9 Å². The molecule has 2 heterocycles. The molecular formula is C13H14F2N4. The Hall–Kier alpha value is -1.95. The van der Waals surface area contributed by atoms with Crippen LogP contribution in [0.1, 0.15) is 0 Å². The molecule has 19 heavy (non-hydrogen) atoms. The Labute approximate surface area is 109 Å². The lowest BCUT2D eigenvalue weighted by atomic mass is 10.1. The highest BCUT2D eigenvalue weighted by Gasteiger charge is 2.15. The molecule has 4 nitrogen and oxygen atoms in total. The molecule has 1 saturated heterocycles. The van der Waals surface area contributed by atoms with Crippen LogP contribution in [0.25, 0.3) is 11.3 Å². The van der Waals surface area contributed by atoms with Gasteiger partial charge >= 0.3 is 0 Å². The molecule has 1 aromatic carbocycles. The molecule has 1 aliphatic heterocycles. The van der Waals surface area contributed by atoms with Crippen LogP contribution in [0, 0.1) is 11.6 Å². The first-order valence-electron chi connectivity index (χ1n) is 6.20. The van der Waals surface area contributed by atoms with Crippen molar-refractivity contribution >= 4 is 5.82 Å². The second kappa shape index (κ2) is 4.97. The molecule has 2 aromatic rings. The molecule has 0 spiro atoms. The van der Waals surface area contributed by atoms with Crippen LogP contribution in [0.4, 0.5) is 14.6 Å². The van der Waals surface area contributed by atoms with Crippen LogP contribution in [0.2, 0.25) is 0 Å². The Morgan fingerprint density at radius 3 is 2.63 bits per heavy atom.